The highest BCUT2D eigenvalue weighted by atomic mass is 35.5. The van der Waals surface area contributed by atoms with Crippen molar-refractivity contribution < 1.29 is 4.39 Å². The Hall–Kier alpha value is -1.88. The highest BCUT2D eigenvalue weighted by molar-refractivity contribution is 6.20. The van der Waals surface area contributed by atoms with Gasteiger partial charge in [0.1, 0.15) is 17.2 Å². The second kappa shape index (κ2) is 4.35. The molecule has 0 aliphatic carbocycles. The molecule has 98 valence electrons. The molecule has 0 N–H and O–H groups in total. The Bertz CT molecular complexity index is 744. The number of nitrogens with zero attached hydrogens (tertiary/aromatic N) is 4. The van der Waals surface area contributed by atoms with Gasteiger partial charge in [-0.3, -0.25) is 9.25 Å². The average molecular weight is 279 g/mol. The maximum Gasteiger partial charge on any atom is 0.149 e. The molecule has 0 radical (unpaired) electrons. The largest absolute Gasteiger partial charge is 0.289 e. The first kappa shape index (κ1) is 12.2. The number of aryl methyl sites for hydroxylation is 1. The van der Waals surface area contributed by atoms with Crippen molar-refractivity contribution in [3.05, 3.63) is 42.2 Å². The van der Waals surface area contributed by atoms with Gasteiger partial charge >= 0.3 is 0 Å². The van der Waals surface area contributed by atoms with E-state index in [1.165, 1.54) is 6.07 Å². The van der Waals surface area contributed by atoms with Crippen molar-refractivity contribution in [2.24, 2.45) is 7.05 Å². The van der Waals surface area contributed by atoms with Crippen molar-refractivity contribution in [1.29, 1.82) is 0 Å². The standard InChI is InChI=1S/C13H12ClFN4/c1-8(14)13-17-11-5-3-4-10(15)12(11)19(13)9-6-16-18(2)7-9/h3-8H,1-2H3. The first-order valence-electron chi connectivity index (χ1n) is 5.88. The summed E-state index contributed by atoms with van der Waals surface area (Å²) in [5.74, 6) is 0.284. The van der Waals surface area contributed by atoms with Crippen molar-refractivity contribution in [3.8, 4) is 5.69 Å². The van der Waals surface area contributed by atoms with Crippen LogP contribution in [0.3, 0.4) is 0 Å². The summed E-state index contributed by atoms with van der Waals surface area (Å²) in [5.41, 5.74) is 1.77. The van der Waals surface area contributed by atoms with E-state index in [0.29, 0.717) is 16.9 Å². The van der Waals surface area contributed by atoms with Crippen LogP contribution >= 0.6 is 11.6 Å². The number of imidazole rings is 1. The molecule has 0 bridgehead atoms. The van der Waals surface area contributed by atoms with E-state index in [1.807, 2.05) is 14.0 Å². The summed E-state index contributed by atoms with van der Waals surface area (Å²) in [7, 11) is 1.81. The van der Waals surface area contributed by atoms with Crippen LogP contribution in [0.4, 0.5) is 4.39 Å². The molecule has 1 atom stereocenters. The van der Waals surface area contributed by atoms with Gasteiger partial charge in [0.25, 0.3) is 0 Å². The van der Waals surface area contributed by atoms with Crippen molar-refractivity contribution in [1.82, 2.24) is 19.3 Å². The minimum Gasteiger partial charge on any atom is -0.289 e. The fraction of sp³-hybridized carbons (Fsp3) is 0.231. The highest BCUT2D eigenvalue weighted by Crippen LogP contribution is 2.29. The number of aromatic nitrogens is 4. The van der Waals surface area contributed by atoms with Gasteiger partial charge in [-0.2, -0.15) is 5.10 Å². The fourth-order valence-electron chi connectivity index (χ4n) is 2.16. The molecule has 0 aliphatic heterocycles. The molecule has 6 heteroatoms. The highest BCUT2D eigenvalue weighted by Gasteiger charge is 2.19. The van der Waals surface area contributed by atoms with Crippen LogP contribution in [-0.2, 0) is 7.05 Å². The van der Waals surface area contributed by atoms with Gasteiger partial charge < -0.3 is 0 Å². The van der Waals surface area contributed by atoms with E-state index in [-0.39, 0.29) is 11.2 Å². The molecule has 2 aromatic heterocycles. The Morgan fingerprint density at radius 2 is 2.16 bits per heavy atom. The summed E-state index contributed by atoms with van der Waals surface area (Å²) in [6.07, 6.45) is 3.46. The van der Waals surface area contributed by atoms with Crippen LogP contribution in [0.25, 0.3) is 16.7 Å². The summed E-state index contributed by atoms with van der Waals surface area (Å²) in [6, 6.07) is 4.83. The van der Waals surface area contributed by atoms with Crippen LogP contribution in [-0.4, -0.2) is 19.3 Å². The lowest BCUT2D eigenvalue weighted by atomic mass is 10.3. The lowest BCUT2D eigenvalue weighted by Crippen LogP contribution is -2.02. The number of hydrogen-bond acceptors (Lipinski definition) is 2. The molecule has 1 aromatic carbocycles. The molecule has 0 amide bonds. The molecule has 4 nitrogen and oxygen atoms in total. The Morgan fingerprint density at radius 1 is 1.37 bits per heavy atom. The summed E-state index contributed by atoms with van der Waals surface area (Å²) >= 11 is 6.16. The van der Waals surface area contributed by atoms with Gasteiger partial charge in [0.15, 0.2) is 0 Å². The molecule has 0 saturated carbocycles. The van der Waals surface area contributed by atoms with Gasteiger partial charge in [-0.05, 0) is 19.1 Å². The number of halogens is 2. The Labute approximate surface area is 114 Å². The molecule has 0 aliphatic rings. The zero-order valence-corrected chi connectivity index (χ0v) is 11.3. The van der Waals surface area contributed by atoms with Gasteiger partial charge in [-0.15, -0.1) is 11.6 Å². The van der Waals surface area contributed by atoms with Crippen LogP contribution in [0, 0.1) is 5.82 Å². The Kier molecular flexibility index (Phi) is 2.78. The second-order valence-corrected chi connectivity index (χ2v) is 5.06. The topological polar surface area (TPSA) is 35.6 Å². The lowest BCUT2D eigenvalue weighted by molar-refractivity contribution is 0.633. The van der Waals surface area contributed by atoms with Gasteiger partial charge in [0, 0.05) is 13.2 Å². The maximum absolute atomic E-state index is 14.1. The van der Waals surface area contributed by atoms with Crippen molar-refractivity contribution in [3.63, 3.8) is 0 Å². The van der Waals surface area contributed by atoms with Gasteiger partial charge in [-0.25, -0.2) is 9.37 Å². The van der Waals surface area contributed by atoms with Crippen LogP contribution in [0.5, 0.6) is 0 Å². The number of benzene rings is 1. The summed E-state index contributed by atoms with van der Waals surface area (Å²) in [6.45, 7) is 1.81. The van der Waals surface area contributed by atoms with E-state index in [9.17, 15) is 4.39 Å². The van der Waals surface area contributed by atoms with Gasteiger partial charge in [0.2, 0.25) is 0 Å². The summed E-state index contributed by atoms with van der Waals surface area (Å²) in [5, 5.41) is 3.79. The number of alkyl halides is 1. The molecular weight excluding hydrogens is 267 g/mol. The third-order valence-electron chi connectivity index (χ3n) is 2.96. The summed E-state index contributed by atoms with van der Waals surface area (Å²) in [4.78, 5) is 4.41. The second-order valence-electron chi connectivity index (χ2n) is 4.40. The lowest BCUT2D eigenvalue weighted by Gasteiger charge is -2.08. The average Bonchev–Trinajstić information content (AvgIpc) is 2.93. The van der Waals surface area contributed by atoms with Crippen molar-refractivity contribution in [2.75, 3.05) is 0 Å². The molecule has 3 aromatic rings. The number of hydrogen-bond donors (Lipinski definition) is 0. The molecule has 19 heavy (non-hydrogen) atoms. The van der Waals surface area contributed by atoms with E-state index in [4.69, 9.17) is 11.6 Å². The van der Waals surface area contributed by atoms with E-state index in [1.54, 1.807) is 33.8 Å². The molecular formula is C13H12ClFN4. The van der Waals surface area contributed by atoms with Crippen LogP contribution in [0.1, 0.15) is 18.1 Å². The quantitative estimate of drug-likeness (QED) is 0.675. The first-order chi connectivity index (χ1) is 9.08. The van der Waals surface area contributed by atoms with Crippen LogP contribution in [0.2, 0.25) is 0 Å². The van der Waals surface area contributed by atoms with E-state index in [0.717, 1.165) is 5.69 Å². The van der Waals surface area contributed by atoms with Gasteiger partial charge in [-0.1, -0.05) is 6.07 Å². The number of fused-ring (bicyclic) bond motifs is 1. The summed E-state index contributed by atoms with van der Waals surface area (Å²) < 4.78 is 17.5. The zero-order chi connectivity index (χ0) is 13.6. The smallest absolute Gasteiger partial charge is 0.149 e. The minimum absolute atomic E-state index is 0.322. The monoisotopic (exact) mass is 278 g/mol. The zero-order valence-electron chi connectivity index (χ0n) is 10.5. The predicted octanol–water partition coefficient (Wildman–Crippen LogP) is 3.20. The molecule has 3 rings (SSSR count). The Balaban J connectivity index is 2.39. The van der Waals surface area contributed by atoms with Crippen molar-refractivity contribution >= 4 is 22.6 Å². The molecule has 0 fully saturated rings. The maximum atomic E-state index is 14.1. The fourth-order valence-corrected chi connectivity index (χ4v) is 2.30. The minimum atomic E-state index is -0.327. The van der Waals surface area contributed by atoms with E-state index >= 15 is 0 Å². The molecule has 2 heterocycles. The van der Waals surface area contributed by atoms with E-state index in [2.05, 4.69) is 10.1 Å². The van der Waals surface area contributed by atoms with Crippen LogP contribution < -0.4 is 0 Å². The molecule has 0 spiro atoms. The van der Waals surface area contributed by atoms with E-state index < -0.39 is 0 Å². The van der Waals surface area contributed by atoms with Crippen molar-refractivity contribution in [2.45, 2.75) is 12.3 Å². The third kappa shape index (κ3) is 1.90. The SMILES string of the molecule is CC(Cl)c1nc2cccc(F)c2n1-c1cnn(C)c1. The normalized spacial score (nSPS) is 13.1. The van der Waals surface area contributed by atoms with Gasteiger partial charge in [0.05, 0.1) is 22.8 Å². The number of rotatable bonds is 2. The number of para-hydroxylation sites is 1. The first-order valence-corrected chi connectivity index (χ1v) is 6.31. The third-order valence-corrected chi connectivity index (χ3v) is 3.15. The molecule has 0 saturated heterocycles. The Morgan fingerprint density at radius 3 is 2.79 bits per heavy atom. The predicted molar refractivity (Wildman–Crippen MR) is 72.1 cm³/mol. The van der Waals surface area contributed by atoms with Crippen LogP contribution in [0.15, 0.2) is 30.6 Å². The molecule has 1 unspecified atom stereocenters.